The largest absolute Gasteiger partial charge is 0.396 e. The molecule has 1 saturated heterocycles. The number of hydrogen-bond acceptors (Lipinski definition) is 6. The number of methoxy groups -OCH3 is 1. The number of carbonyl (C=O) groups excluding carboxylic acids is 1. The van der Waals surface area contributed by atoms with Crippen molar-refractivity contribution >= 4 is 17.2 Å². The monoisotopic (exact) mass is 355 g/mol. The Balaban J connectivity index is 1.97. The second-order valence-electron chi connectivity index (χ2n) is 6.89. The highest BCUT2D eigenvalue weighted by Gasteiger charge is 2.36. The van der Waals surface area contributed by atoms with Crippen LogP contribution in [0.15, 0.2) is 5.38 Å². The zero-order valence-electron chi connectivity index (χ0n) is 15.1. The zero-order chi connectivity index (χ0) is 17.7. The van der Waals surface area contributed by atoms with Crippen molar-refractivity contribution in [1.82, 2.24) is 14.8 Å². The summed E-state index contributed by atoms with van der Waals surface area (Å²) in [5.41, 5.74) is 0.536. The fraction of sp³-hybridized carbons (Fsp3) is 0.765. The molecule has 7 heteroatoms. The van der Waals surface area contributed by atoms with Gasteiger partial charge in [-0.2, -0.15) is 0 Å². The van der Waals surface area contributed by atoms with Crippen LogP contribution in [0.5, 0.6) is 0 Å². The second kappa shape index (κ2) is 8.89. The maximum absolute atomic E-state index is 12.7. The predicted molar refractivity (Wildman–Crippen MR) is 95.5 cm³/mol. The summed E-state index contributed by atoms with van der Waals surface area (Å²) in [6.45, 7) is 7.94. The lowest BCUT2D eigenvalue weighted by atomic mass is 9.96. The van der Waals surface area contributed by atoms with Gasteiger partial charge in [0.25, 0.3) is 5.91 Å². The fourth-order valence-corrected chi connectivity index (χ4v) is 3.88. The van der Waals surface area contributed by atoms with E-state index in [1.165, 1.54) is 0 Å². The molecule has 0 aliphatic carbocycles. The van der Waals surface area contributed by atoms with Crippen LogP contribution in [0.1, 0.15) is 35.3 Å². The van der Waals surface area contributed by atoms with Crippen LogP contribution in [0.3, 0.4) is 0 Å². The topological polar surface area (TPSA) is 65.9 Å². The molecule has 6 nitrogen and oxygen atoms in total. The number of likely N-dealkylation sites (N-methyl/N-ethyl adjacent to an activating group) is 1. The van der Waals surface area contributed by atoms with Gasteiger partial charge in [0, 0.05) is 57.1 Å². The van der Waals surface area contributed by atoms with E-state index in [-0.39, 0.29) is 24.3 Å². The molecule has 0 bridgehead atoms. The normalized spacial score (nSPS) is 21.2. The summed E-state index contributed by atoms with van der Waals surface area (Å²) in [6.07, 6.45) is 0. The average molecular weight is 356 g/mol. The number of rotatable bonds is 8. The molecule has 0 spiro atoms. The third-order valence-electron chi connectivity index (χ3n) is 4.56. The highest BCUT2D eigenvalue weighted by molar-refractivity contribution is 7.09. The Bertz CT molecular complexity index is 535. The smallest absolute Gasteiger partial charge is 0.273 e. The van der Waals surface area contributed by atoms with Crippen molar-refractivity contribution in [3.63, 3.8) is 0 Å². The molecular formula is C17H29N3O3S. The summed E-state index contributed by atoms with van der Waals surface area (Å²) < 4.78 is 5.11. The summed E-state index contributed by atoms with van der Waals surface area (Å²) in [7, 11) is 3.74. The van der Waals surface area contributed by atoms with Crippen LogP contribution in [0.2, 0.25) is 0 Å². The molecule has 136 valence electrons. The number of carbonyl (C=O) groups is 1. The fourth-order valence-electron chi connectivity index (χ4n) is 3.07. The molecule has 2 rings (SSSR count). The third-order valence-corrected chi connectivity index (χ3v) is 5.70. The Hall–Kier alpha value is -1.02. The molecular weight excluding hydrogens is 326 g/mol. The lowest BCUT2D eigenvalue weighted by Gasteiger charge is -2.23. The van der Waals surface area contributed by atoms with Gasteiger partial charge in [0.15, 0.2) is 0 Å². The highest BCUT2D eigenvalue weighted by Crippen LogP contribution is 2.26. The first-order valence-electron chi connectivity index (χ1n) is 8.49. The minimum absolute atomic E-state index is 0.0151. The summed E-state index contributed by atoms with van der Waals surface area (Å²) in [4.78, 5) is 21.2. The van der Waals surface area contributed by atoms with E-state index >= 15 is 0 Å². The zero-order valence-corrected chi connectivity index (χ0v) is 15.9. The van der Waals surface area contributed by atoms with Crippen molar-refractivity contribution in [2.45, 2.75) is 19.8 Å². The van der Waals surface area contributed by atoms with E-state index in [2.05, 4.69) is 23.7 Å². The molecule has 24 heavy (non-hydrogen) atoms. The molecule has 1 aromatic heterocycles. The van der Waals surface area contributed by atoms with Crippen LogP contribution >= 0.6 is 11.3 Å². The minimum Gasteiger partial charge on any atom is -0.396 e. The van der Waals surface area contributed by atoms with E-state index in [0.29, 0.717) is 31.3 Å². The molecule has 1 aliphatic rings. The van der Waals surface area contributed by atoms with Crippen molar-refractivity contribution in [2.24, 2.45) is 11.8 Å². The SMILES string of the molecule is COCCN(C)CC1CN(C(=O)c2csc(C(C)C)n2)CC1CO. The van der Waals surface area contributed by atoms with Crippen molar-refractivity contribution in [1.29, 1.82) is 0 Å². The van der Waals surface area contributed by atoms with E-state index in [4.69, 9.17) is 4.74 Å². The van der Waals surface area contributed by atoms with Crippen molar-refractivity contribution in [3.8, 4) is 0 Å². The molecule has 0 saturated carbocycles. The van der Waals surface area contributed by atoms with Gasteiger partial charge in [-0.05, 0) is 13.0 Å². The molecule has 0 radical (unpaired) electrons. The van der Waals surface area contributed by atoms with E-state index in [1.807, 2.05) is 17.3 Å². The molecule has 2 atom stereocenters. The summed E-state index contributed by atoms with van der Waals surface area (Å²) in [6, 6.07) is 0. The molecule has 1 N–H and O–H groups in total. The van der Waals surface area contributed by atoms with Gasteiger partial charge in [0.05, 0.1) is 11.6 Å². The van der Waals surface area contributed by atoms with Crippen molar-refractivity contribution in [2.75, 3.05) is 53.6 Å². The Morgan fingerprint density at radius 2 is 2.21 bits per heavy atom. The third kappa shape index (κ3) is 4.75. The standard InChI is InChI=1S/C17H29N3O3S/c1-12(2)16-18-15(11-24-16)17(22)20-8-13(14(9-20)10-21)7-19(3)5-6-23-4/h11-14,21H,5-10H2,1-4H3. The first-order valence-corrected chi connectivity index (χ1v) is 9.37. The Labute approximate surface area is 148 Å². The number of amides is 1. The number of nitrogens with zero attached hydrogens (tertiary/aromatic N) is 3. The summed E-state index contributed by atoms with van der Waals surface area (Å²) in [5.74, 6) is 0.729. The van der Waals surface area contributed by atoms with Gasteiger partial charge in [0.1, 0.15) is 5.69 Å². The van der Waals surface area contributed by atoms with Crippen LogP contribution in [0.25, 0.3) is 0 Å². The number of aliphatic hydroxyl groups excluding tert-OH is 1. The molecule has 1 aromatic rings. The summed E-state index contributed by atoms with van der Waals surface area (Å²) in [5, 5.41) is 12.5. The van der Waals surface area contributed by atoms with Gasteiger partial charge in [0.2, 0.25) is 0 Å². The first-order chi connectivity index (χ1) is 11.5. The molecule has 1 amide bonds. The van der Waals surface area contributed by atoms with E-state index < -0.39 is 0 Å². The van der Waals surface area contributed by atoms with E-state index in [1.54, 1.807) is 18.4 Å². The molecule has 2 unspecified atom stereocenters. The van der Waals surface area contributed by atoms with Crippen molar-refractivity contribution < 1.29 is 14.6 Å². The quantitative estimate of drug-likeness (QED) is 0.766. The predicted octanol–water partition coefficient (Wildman–Crippen LogP) is 1.53. The van der Waals surface area contributed by atoms with Gasteiger partial charge in [-0.1, -0.05) is 13.8 Å². The Morgan fingerprint density at radius 3 is 2.79 bits per heavy atom. The molecule has 0 aromatic carbocycles. The molecule has 1 aliphatic heterocycles. The average Bonchev–Trinajstić information content (AvgIpc) is 3.19. The first kappa shape index (κ1) is 19.3. The molecule has 2 heterocycles. The van der Waals surface area contributed by atoms with Gasteiger partial charge in [-0.3, -0.25) is 4.79 Å². The van der Waals surface area contributed by atoms with Gasteiger partial charge >= 0.3 is 0 Å². The van der Waals surface area contributed by atoms with Gasteiger partial charge < -0.3 is 19.6 Å². The van der Waals surface area contributed by atoms with Crippen LogP contribution < -0.4 is 0 Å². The maximum atomic E-state index is 12.7. The number of aliphatic hydroxyl groups is 1. The van der Waals surface area contributed by atoms with E-state index in [9.17, 15) is 9.90 Å². The second-order valence-corrected chi connectivity index (χ2v) is 7.78. The molecule has 1 fully saturated rings. The van der Waals surface area contributed by atoms with Crippen LogP contribution in [-0.4, -0.2) is 79.3 Å². The lowest BCUT2D eigenvalue weighted by molar-refractivity contribution is 0.0773. The van der Waals surface area contributed by atoms with Crippen LogP contribution in [0, 0.1) is 11.8 Å². The van der Waals surface area contributed by atoms with Crippen molar-refractivity contribution in [3.05, 3.63) is 16.1 Å². The highest BCUT2D eigenvalue weighted by atomic mass is 32.1. The number of likely N-dealkylation sites (tertiary alicyclic amines) is 1. The van der Waals surface area contributed by atoms with E-state index in [0.717, 1.165) is 18.1 Å². The summed E-state index contributed by atoms with van der Waals surface area (Å²) >= 11 is 1.54. The van der Waals surface area contributed by atoms with Gasteiger partial charge in [-0.15, -0.1) is 11.3 Å². The maximum Gasteiger partial charge on any atom is 0.273 e. The number of ether oxygens (including phenoxy) is 1. The Kier molecular flexibility index (Phi) is 7.16. The lowest BCUT2D eigenvalue weighted by Crippen LogP contribution is -2.33. The minimum atomic E-state index is -0.0151. The number of thiazole rings is 1. The number of hydrogen-bond donors (Lipinski definition) is 1. The van der Waals surface area contributed by atoms with Gasteiger partial charge in [-0.25, -0.2) is 4.98 Å². The van der Waals surface area contributed by atoms with Crippen LogP contribution in [-0.2, 0) is 4.74 Å². The number of aromatic nitrogens is 1. The Morgan fingerprint density at radius 1 is 1.50 bits per heavy atom. The van der Waals surface area contributed by atoms with Crippen LogP contribution in [0.4, 0.5) is 0 Å².